The number of hydrogen-bond donors (Lipinski definition) is 1. The van der Waals surface area contributed by atoms with Crippen molar-refractivity contribution in [1.29, 1.82) is 0 Å². The number of nitrogens with zero attached hydrogens (tertiary/aromatic N) is 4. The highest BCUT2D eigenvalue weighted by Gasteiger charge is 2.25. The van der Waals surface area contributed by atoms with Crippen LogP contribution < -0.4 is 4.90 Å². The summed E-state index contributed by atoms with van der Waals surface area (Å²) in [6.07, 6.45) is -4.09. The van der Waals surface area contributed by atoms with Crippen LogP contribution >= 0.6 is 0 Å². The van der Waals surface area contributed by atoms with E-state index in [2.05, 4.69) is 10.2 Å². The van der Waals surface area contributed by atoms with E-state index in [0.717, 1.165) is 0 Å². The molecule has 1 amide bonds. The van der Waals surface area contributed by atoms with E-state index >= 15 is 0 Å². The summed E-state index contributed by atoms with van der Waals surface area (Å²) in [6, 6.07) is 2.81. The predicted molar refractivity (Wildman–Crippen MR) is 73.0 cm³/mol. The first-order chi connectivity index (χ1) is 10.8. The molecule has 124 valence electrons. The fourth-order valence-corrected chi connectivity index (χ4v) is 2.04. The molecule has 0 aromatic carbocycles. The minimum atomic E-state index is -4.51. The first-order valence-corrected chi connectivity index (χ1v) is 6.63. The van der Waals surface area contributed by atoms with Crippen LogP contribution in [-0.4, -0.2) is 64.4 Å². The van der Waals surface area contributed by atoms with Gasteiger partial charge in [-0.05, 0) is 12.1 Å². The summed E-state index contributed by atoms with van der Waals surface area (Å²) in [6.45, 7) is 1.21. The van der Waals surface area contributed by atoms with Gasteiger partial charge >= 0.3 is 12.1 Å². The van der Waals surface area contributed by atoms with Crippen LogP contribution in [0.5, 0.6) is 0 Å². The third-order valence-electron chi connectivity index (χ3n) is 3.20. The van der Waals surface area contributed by atoms with Crippen molar-refractivity contribution in [3.8, 4) is 0 Å². The zero-order valence-corrected chi connectivity index (χ0v) is 11.8. The normalized spacial score (nSPS) is 16.0. The van der Waals surface area contributed by atoms with Gasteiger partial charge in [-0.25, -0.2) is 4.79 Å². The third kappa shape index (κ3) is 4.66. The number of carboxylic acids is 1. The SMILES string of the molecule is O=C(O)c1ccc(N2CCN(C(=O)C=CC(F)(F)F)CC2)nn1. The van der Waals surface area contributed by atoms with Crippen molar-refractivity contribution in [3.05, 3.63) is 30.0 Å². The number of carboxylic acid groups (broad SMARTS) is 1. The Hall–Kier alpha value is -2.65. The molecule has 1 saturated heterocycles. The molecule has 23 heavy (non-hydrogen) atoms. The third-order valence-corrected chi connectivity index (χ3v) is 3.20. The number of carbonyl (C=O) groups is 2. The van der Waals surface area contributed by atoms with Crippen molar-refractivity contribution in [2.75, 3.05) is 31.1 Å². The van der Waals surface area contributed by atoms with Crippen molar-refractivity contribution < 1.29 is 27.9 Å². The Kier molecular flexibility index (Phi) is 4.82. The lowest BCUT2D eigenvalue weighted by atomic mass is 10.3. The summed E-state index contributed by atoms with van der Waals surface area (Å²) < 4.78 is 36.1. The maximum absolute atomic E-state index is 12.0. The van der Waals surface area contributed by atoms with Crippen molar-refractivity contribution in [1.82, 2.24) is 15.1 Å². The Balaban J connectivity index is 1.92. The van der Waals surface area contributed by atoms with Crippen molar-refractivity contribution in [3.63, 3.8) is 0 Å². The number of amides is 1. The largest absolute Gasteiger partial charge is 0.476 e. The summed E-state index contributed by atoms with van der Waals surface area (Å²) in [7, 11) is 0. The predicted octanol–water partition coefficient (Wildman–Crippen LogP) is 0.942. The van der Waals surface area contributed by atoms with Crippen LogP contribution in [0.4, 0.5) is 19.0 Å². The number of halogens is 3. The lowest BCUT2D eigenvalue weighted by Gasteiger charge is -2.34. The standard InChI is InChI=1S/C13H13F3N4O3/c14-13(15,16)4-3-11(21)20-7-5-19(6-8-20)10-2-1-9(12(22)23)17-18-10/h1-4H,5-8H2,(H,22,23). The average molecular weight is 330 g/mol. The van der Waals surface area contributed by atoms with E-state index in [1.54, 1.807) is 4.90 Å². The Morgan fingerprint density at radius 2 is 1.78 bits per heavy atom. The zero-order chi connectivity index (χ0) is 17.0. The molecule has 2 heterocycles. The second-order valence-electron chi connectivity index (χ2n) is 4.77. The van der Waals surface area contributed by atoms with Gasteiger partial charge < -0.3 is 14.9 Å². The zero-order valence-electron chi connectivity index (χ0n) is 11.8. The van der Waals surface area contributed by atoms with E-state index in [1.807, 2.05) is 0 Å². The first kappa shape index (κ1) is 16.7. The van der Waals surface area contributed by atoms with Crippen LogP contribution in [0.2, 0.25) is 0 Å². The van der Waals surface area contributed by atoms with Crippen LogP contribution in [-0.2, 0) is 4.79 Å². The molecule has 1 aliphatic rings. The van der Waals surface area contributed by atoms with E-state index in [1.165, 1.54) is 17.0 Å². The minimum Gasteiger partial charge on any atom is -0.476 e. The van der Waals surface area contributed by atoms with Crippen molar-refractivity contribution >= 4 is 17.7 Å². The number of allylic oxidation sites excluding steroid dienone is 1. The van der Waals surface area contributed by atoms with Gasteiger partial charge in [0.15, 0.2) is 11.5 Å². The first-order valence-electron chi connectivity index (χ1n) is 6.63. The number of carbonyl (C=O) groups excluding carboxylic acids is 1. The molecule has 0 aliphatic carbocycles. The van der Waals surface area contributed by atoms with Crippen LogP contribution in [0.15, 0.2) is 24.3 Å². The summed E-state index contributed by atoms with van der Waals surface area (Å²) >= 11 is 0. The summed E-state index contributed by atoms with van der Waals surface area (Å²) in [4.78, 5) is 25.4. The van der Waals surface area contributed by atoms with Crippen LogP contribution in [0.1, 0.15) is 10.5 Å². The summed E-state index contributed by atoms with van der Waals surface area (Å²) in [5.41, 5.74) is -0.181. The van der Waals surface area contributed by atoms with Gasteiger partial charge in [-0.2, -0.15) is 13.2 Å². The maximum atomic E-state index is 12.0. The van der Waals surface area contributed by atoms with Gasteiger partial charge in [0.2, 0.25) is 5.91 Å². The Bertz CT molecular complexity index is 608. The number of rotatable bonds is 3. The van der Waals surface area contributed by atoms with Gasteiger partial charge in [-0.15, -0.1) is 10.2 Å². The van der Waals surface area contributed by atoms with Crippen molar-refractivity contribution in [2.24, 2.45) is 0 Å². The molecule has 0 saturated carbocycles. The molecule has 0 radical (unpaired) electrons. The minimum absolute atomic E-state index is 0.0855. The molecule has 2 rings (SSSR count). The van der Waals surface area contributed by atoms with Crippen LogP contribution in [0.25, 0.3) is 0 Å². The van der Waals surface area contributed by atoms with Crippen molar-refractivity contribution in [2.45, 2.75) is 6.18 Å². The molecular weight excluding hydrogens is 317 g/mol. The molecule has 7 nitrogen and oxygen atoms in total. The van der Waals surface area contributed by atoms with Gasteiger partial charge in [0.1, 0.15) is 0 Å². The smallest absolute Gasteiger partial charge is 0.409 e. The number of hydrogen-bond acceptors (Lipinski definition) is 5. The molecule has 1 N–H and O–H groups in total. The molecule has 1 aliphatic heterocycles. The monoisotopic (exact) mass is 330 g/mol. The Morgan fingerprint density at radius 1 is 1.13 bits per heavy atom. The van der Waals surface area contributed by atoms with E-state index < -0.39 is 18.1 Å². The topological polar surface area (TPSA) is 86.6 Å². The van der Waals surface area contributed by atoms with Crippen LogP contribution in [0.3, 0.4) is 0 Å². The number of aromatic carboxylic acids is 1. The highest BCUT2D eigenvalue weighted by Crippen LogP contribution is 2.17. The quantitative estimate of drug-likeness (QED) is 0.830. The number of aromatic nitrogens is 2. The summed E-state index contributed by atoms with van der Waals surface area (Å²) in [5.74, 6) is -1.43. The highest BCUT2D eigenvalue weighted by molar-refractivity contribution is 5.88. The molecule has 0 unspecified atom stereocenters. The summed E-state index contributed by atoms with van der Waals surface area (Å²) in [5, 5.41) is 16.1. The molecule has 0 spiro atoms. The van der Waals surface area contributed by atoms with E-state index in [4.69, 9.17) is 5.11 Å². The van der Waals surface area contributed by atoms with E-state index in [-0.39, 0.29) is 24.9 Å². The van der Waals surface area contributed by atoms with E-state index in [0.29, 0.717) is 25.0 Å². The lowest BCUT2D eigenvalue weighted by molar-refractivity contribution is -0.127. The number of anilines is 1. The molecular formula is C13H13F3N4O3. The van der Waals surface area contributed by atoms with Gasteiger partial charge in [-0.1, -0.05) is 0 Å². The second-order valence-corrected chi connectivity index (χ2v) is 4.77. The molecule has 0 bridgehead atoms. The van der Waals surface area contributed by atoms with Gasteiger partial charge in [-0.3, -0.25) is 4.79 Å². The molecule has 1 aromatic rings. The Morgan fingerprint density at radius 3 is 2.26 bits per heavy atom. The average Bonchev–Trinajstić information content (AvgIpc) is 2.52. The lowest BCUT2D eigenvalue weighted by Crippen LogP contribution is -2.48. The fraction of sp³-hybridized carbons (Fsp3) is 0.385. The second kappa shape index (κ2) is 6.63. The fourth-order valence-electron chi connectivity index (χ4n) is 2.04. The molecule has 1 aromatic heterocycles. The highest BCUT2D eigenvalue weighted by atomic mass is 19.4. The van der Waals surface area contributed by atoms with Gasteiger partial charge in [0.05, 0.1) is 0 Å². The maximum Gasteiger partial charge on any atom is 0.409 e. The van der Waals surface area contributed by atoms with E-state index in [9.17, 15) is 22.8 Å². The Labute approximate surface area is 129 Å². The van der Waals surface area contributed by atoms with Gasteiger partial charge in [0.25, 0.3) is 0 Å². The molecule has 10 heteroatoms. The molecule has 1 fully saturated rings. The molecule has 0 atom stereocenters. The number of piperazine rings is 1. The van der Waals surface area contributed by atoms with Gasteiger partial charge in [0, 0.05) is 38.3 Å². The van der Waals surface area contributed by atoms with Crippen LogP contribution in [0, 0.1) is 0 Å². The number of alkyl halides is 3.